The molecule has 0 aromatic heterocycles. The lowest BCUT2D eigenvalue weighted by atomic mass is 9.96. The molecule has 1 aliphatic heterocycles. The van der Waals surface area contributed by atoms with Gasteiger partial charge in [0.15, 0.2) is 5.75 Å². The number of hydrogen-bond donors (Lipinski definition) is 5. The van der Waals surface area contributed by atoms with Gasteiger partial charge in [0.2, 0.25) is 0 Å². The predicted molar refractivity (Wildman–Crippen MR) is 76.5 cm³/mol. The molecule has 1 heterocycles. The molecular formula is C13H19N3O4. The van der Waals surface area contributed by atoms with Crippen LogP contribution in [0.1, 0.15) is 23.7 Å². The Hall–Kier alpha value is -2.15. The van der Waals surface area contributed by atoms with Gasteiger partial charge in [0.05, 0.1) is 30.5 Å². The third-order valence-electron chi connectivity index (χ3n) is 3.48. The molecule has 0 fully saturated rings. The quantitative estimate of drug-likeness (QED) is 0.522. The van der Waals surface area contributed by atoms with E-state index in [2.05, 4.69) is 16.0 Å². The molecule has 5 N–H and O–H groups in total. The number of hydrogen-bond acceptors (Lipinski definition) is 6. The van der Waals surface area contributed by atoms with Crippen molar-refractivity contribution in [1.29, 1.82) is 0 Å². The minimum atomic E-state index is -0.921. The van der Waals surface area contributed by atoms with E-state index < -0.39 is 12.1 Å². The van der Waals surface area contributed by atoms with E-state index >= 15 is 0 Å². The van der Waals surface area contributed by atoms with E-state index in [-0.39, 0.29) is 18.8 Å². The smallest absolute Gasteiger partial charge is 0.306 e. The molecule has 1 unspecified atom stereocenters. The zero-order valence-corrected chi connectivity index (χ0v) is 11.7. The second-order valence-electron chi connectivity index (χ2n) is 4.51. The third-order valence-corrected chi connectivity index (χ3v) is 3.48. The summed E-state index contributed by atoms with van der Waals surface area (Å²) in [6.45, 7) is 0.273. The lowest BCUT2D eigenvalue weighted by Crippen LogP contribution is -2.10. The molecule has 0 saturated heterocycles. The van der Waals surface area contributed by atoms with Gasteiger partial charge < -0.3 is 30.9 Å². The lowest BCUT2D eigenvalue weighted by Gasteiger charge is -2.21. The van der Waals surface area contributed by atoms with Gasteiger partial charge in [-0.2, -0.15) is 0 Å². The summed E-state index contributed by atoms with van der Waals surface area (Å²) in [5, 5.41) is 28.2. The standard InChI is InChI=1S/C13H19N3O4/c1-14-10-6-5-20-7(4-8(17)18)9(6)11(15-2)12(16-3)13(10)19/h7,14-16,19H,4-5H2,1-3H3,(H,17,18). The first kappa shape index (κ1) is 14.3. The average molecular weight is 281 g/mol. The van der Waals surface area contributed by atoms with Crippen LogP contribution in [0.15, 0.2) is 0 Å². The van der Waals surface area contributed by atoms with Gasteiger partial charge in [-0.15, -0.1) is 0 Å². The summed E-state index contributed by atoms with van der Waals surface area (Å²) in [5.74, 6) is -0.826. The molecule has 1 atom stereocenters. The largest absolute Gasteiger partial charge is 0.504 e. The minimum absolute atomic E-state index is 0.0951. The number of phenols is 1. The van der Waals surface area contributed by atoms with Crippen LogP contribution in [0.2, 0.25) is 0 Å². The van der Waals surface area contributed by atoms with Gasteiger partial charge in [-0.3, -0.25) is 4.79 Å². The number of carbonyl (C=O) groups is 1. The van der Waals surface area contributed by atoms with Crippen molar-refractivity contribution >= 4 is 23.0 Å². The van der Waals surface area contributed by atoms with Crippen LogP contribution in [0.5, 0.6) is 5.75 Å². The highest BCUT2D eigenvalue weighted by atomic mass is 16.5. The summed E-state index contributed by atoms with van der Waals surface area (Å²) in [6.07, 6.45) is -0.636. The van der Waals surface area contributed by atoms with Crippen molar-refractivity contribution in [2.24, 2.45) is 0 Å². The van der Waals surface area contributed by atoms with Gasteiger partial charge >= 0.3 is 5.97 Å². The number of carboxylic acids is 1. The SMILES string of the molecule is CNc1c(O)c(NC)c(NC)c2c1COC2CC(=O)O. The Morgan fingerprint density at radius 2 is 1.80 bits per heavy atom. The van der Waals surface area contributed by atoms with Gasteiger partial charge in [-0.1, -0.05) is 0 Å². The fraction of sp³-hybridized carbons (Fsp3) is 0.462. The van der Waals surface area contributed by atoms with Crippen LogP contribution >= 0.6 is 0 Å². The van der Waals surface area contributed by atoms with Gasteiger partial charge in [-0.05, 0) is 0 Å². The number of rotatable bonds is 5. The summed E-state index contributed by atoms with van der Waals surface area (Å²) in [7, 11) is 5.13. The molecule has 0 radical (unpaired) electrons. The summed E-state index contributed by atoms with van der Waals surface area (Å²) < 4.78 is 5.57. The van der Waals surface area contributed by atoms with Gasteiger partial charge in [0.25, 0.3) is 0 Å². The van der Waals surface area contributed by atoms with E-state index in [9.17, 15) is 9.90 Å². The van der Waals surface area contributed by atoms with Gasteiger partial charge in [-0.25, -0.2) is 0 Å². The van der Waals surface area contributed by atoms with E-state index in [1.807, 2.05) is 0 Å². The molecule has 1 aromatic carbocycles. The number of nitrogens with one attached hydrogen (secondary N) is 3. The fourth-order valence-corrected chi connectivity index (χ4v) is 2.67. The number of aromatic hydroxyl groups is 1. The normalized spacial score (nSPS) is 16.6. The molecule has 0 saturated carbocycles. The summed E-state index contributed by atoms with van der Waals surface area (Å²) in [6, 6.07) is 0. The molecule has 0 bridgehead atoms. The molecule has 0 spiro atoms. The first-order chi connectivity index (χ1) is 9.54. The van der Waals surface area contributed by atoms with Crippen LogP contribution in [-0.2, 0) is 16.1 Å². The Labute approximate surface area is 116 Å². The Morgan fingerprint density at radius 1 is 1.20 bits per heavy atom. The second kappa shape index (κ2) is 5.46. The average Bonchev–Trinajstić information content (AvgIpc) is 2.80. The number of benzene rings is 1. The van der Waals surface area contributed by atoms with Crippen LogP contribution in [0.25, 0.3) is 0 Å². The van der Waals surface area contributed by atoms with Gasteiger partial charge in [0.1, 0.15) is 5.69 Å². The number of aliphatic carboxylic acids is 1. The monoisotopic (exact) mass is 281 g/mol. The van der Waals surface area contributed by atoms with Crippen LogP contribution < -0.4 is 16.0 Å². The number of ether oxygens (including phenoxy) is 1. The Morgan fingerprint density at radius 3 is 2.30 bits per heavy atom. The highest BCUT2D eigenvalue weighted by Gasteiger charge is 2.34. The Balaban J connectivity index is 2.66. The molecule has 110 valence electrons. The summed E-state index contributed by atoms with van der Waals surface area (Å²) >= 11 is 0. The predicted octanol–water partition coefficient (Wildman–Crippen LogP) is 1.56. The molecule has 7 heteroatoms. The van der Waals surface area contributed by atoms with Crippen molar-refractivity contribution in [3.8, 4) is 5.75 Å². The molecule has 1 aromatic rings. The van der Waals surface area contributed by atoms with E-state index in [4.69, 9.17) is 9.84 Å². The van der Waals surface area contributed by atoms with Crippen molar-refractivity contribution in [1.82, 2.24) is 0 Å². The van der Waals surface area contributed by atoms with E-state index in [1.165, 1.54) is 0 Å². The summed E-state index contributed by atoms with van der Waals surface area (Å²) in [4.78, 5) is 11.0. The molecular weight excluding hydrogens is 262 g/mol. The number of anilines is 3. The maximum atomic E-state index is 11.0. The number of phenolic OH excluding ortho intramolecular Hbond substituents is 1. The highest BCUT2D eigenvalue weighted by Crippen LogP contribution is 2.51. The maximum Gasteiger partial charge on any atom is 0.306 e. The molecule has 1 aliphatic rings. The first-order valence-electron chi connectivity index (χ1n) is 6.33. The zero-order chi connectivity index (χ0) is 14.9. The topological polar surface area (TPSA) is 103 Å². The van der Waals surface area contributed by atoms with Crippen molar-refractivity contribution in [3.05, 3.63) is 11.1 Å². The van der Waals surface area contributed by atoms with E-state index in [0.717, 1.165) is 11.1 Å². The molecule has 0 aliphatic carbocycles. The first-order valence-corrected chi connectivity index (χ1v) is 6.33. The van der Waals surface area contributed by atoms with Crippen molar-refractivity contribution in [3.63, 3.8) is 0 Å². The van der Waals surface area contributed by atoms with E-state index in [1.54, 1.807) is 21.1 Å². The molecule has 0 amide bonds. The minimum Gasteiger partial charge on any atom is -0.504 e. The Bertz CT molecular complexity index is 545. The molecule has 2 rings (SSSR count). The van der Waals surface area contributed by atoms with Crippen LogP contribution in [0.3, 0.4) is 0 Å². The second-order valence-corrected chi connectivity index (χ2v) is 4.51. The fourth-order valence-electron chi connectivity index (χ4n) is 2.67. The number of carboxylic acid groups (broad SMARTS) is 1. The van der Waals surface area contributed by atoms with Crippen LogP contribution in [0.4, 0.5) is 17.1 Å². The third kappa shape index (κ3) is 2.09. The van der Waals surface area contributed by atoms with Crippen LogP contribution in [0, 0.1) is 0 Å². The molecule has 20 heavy (non-hydrogen) atoms. The number of fused-ring (bicyclic) bond motifs is 1. The van der Waals surface area contributed by atoms with Crippen molar-refractivity contribution in [2.45, 2.75) is 19.1 Å². The van der Waals surface area contributed by atoms with Crippen molar-refractivity contribution < 1.29 is 19.7 Å². The Kier molecular flexibility index (Phi) is 3.89. The highest BCUT2D eigenvalue weighted by molar-refractivity contribution is 5.89. The van der Waals surface area contributed by atoms with Crippen molar-refractivity contribution in [2.75, 3.05) is 37.1 Å². The molecule has 7 nitrogen and oxygen atoms in total. The van der Waals surface area contributed by atoms with Crippen LogP contribution in [-0.4, -0.2) is 37.3 Å². The summed E-state index contributed by atoms with van der Waals surface area (Å²) in [5.41, 5.74) is 3.33. The lowest BCUT2D eigenvalue weighted by molar-refractivity contribution is -0.140. The maximum absolute atomic E-state index is 11.0. The zero-order valence-electron chi connectivity index (χ0n) is 11.7. The van der Waals surface area contributed by atoms with E-state index in [0.29, 0.717) is 17.1 Å². The van der Waals surface area contributed by atoms with Gasteiger partial charge in [0, 0.05) is 32.3 Å².